The van der Waals surface area contributed by atoms with Gasteiger partial charge < -0.3 is 10.1 Å². The Hall–Kier alpha value is -2.62. The van der Waals surface area contributed by atoms with Crippen LogP contribution in [0.5, 0.6) is 0 Å². The zero-order valence-electron chi connectivity index (χ0n) is 21.6. The molecule has 1 N–H and O–H groups in total. The maximum absolute atomic E-state index is 14.9. The van der Waals surface area contributed by atoms with Gasteiger partial charge in [0.05, 0.1) is 23.2 Å². The lowest BCUT2D eigenvalue weighted by Crippen LogP contribution is -2.50. The van der Waals surface area contributed by atoms with E-state index in [9.17, 15) is 13.6 Å². The van der Waals surface area contributed by atoms with E-state index in [2.05, 4.69) is 15.3 Å². The first-order chi connectivity index (χ1) is 17.5. The van der Waals surface area contributed by atoms with Gasteiger partial charge in [0.1, 0.15) is 17.5 Å². The fourth-order valence-electron chi connectivity index (χ4n) is 4.40. The van der Waals surface area contributed by atoms with Crippen LogP contribution in [0.1, 0.15) is 38.6 Å². The number of anilines is 2. The van der Waals surface area contributed by atoms with E-state index in [1.54, 1.807) is 13.1 Å². The Bertz CT molecular complexity index is 1310. The van der Waals surface area contributed by atoms with Crippen LogP contribution in [0.4, 0.5) is 19.7 Å². The third-order valence-electron chi connectivity index (χ3n) is 6.16. The van der Waals surface area contributed by atoms with Crippen LogP contribution in [-0.4, -0.2) is 40.5 Å². The van der Waals surface area contributed by atoms with E-state index in [1.165, 1.54) is 53.7 Å². The molecular formula is C25H27ClF2N4O2S. The highest BCUT2D eigenvalue weighted by atomic mass is 35.5. The molecule has 35 heavy (non-hydrogen) atoms. The number of rotatable bonds is 7. The Labute approximate surface area is 215 Å². The van der Waals surface area contributed by atoms with E-state index < -0.39 is 35.6 Å². The summed E-state index contributed by atoms with van der Waals surface area (Å²) in [5, 5.41) is 3.50. The number of pyridine rings is 1. The molecule has 3 aromatic rings. The number of piperidine rings is 1. The number of nitrogens with one attached hydrogen (secondary N) is 1. The number of ether oxygens (including phenoxy) is 1. The minimum absolute atomic E-state index is 0.0371. The van der Waals surface area contributed by atoms with Gasteiger partial charge >= 0.3 is 5.97 Å². The Morgan fingerprint density at radius 2 is 2.20 bits per heavy atom. The molecule has 1 saturated heterocycles. The van der Waals surface area contributed by atoms with Crippen molar-refractivity contribution in [3.63, 3.8) is 0 Å². The average molecular weight is 523 g/mol. The molecular weight excluding hydrogens is 494 g/mol. The van der Waals surface area contributed by atoms with E-state index in [0.29, 0.717) is 10.9 Å². The third-order valence-corrected chi connectivity index (χ3v) is 7.28. The molecule has 1 aromatic carbocycles. The van der Waals surface area contributed by atoms with Crippen LogP contribution in [0.25, 0.3) is 0 Å². The first-order valence-corrected chi connectivity index (χ1v) is 12.3. The molecule has 0 spiro atoms. The molecule has 186 valence electrons. The van der Waals surface area contributed by atoms with Gasteiger partial charge in [0, 0.05) is 38.3 Å². The molecule has 0 saturated carbocycles. The standard InChI is InChI=1S/C25H27ClF2N4O2S/c1-15-11-25(23(33)34-3,9-10-32(15)14-17-5-4-6-18(26)22(17)28)12-20-19(27)7-8-21(30-20)31-24-29-13-16(2)35-24/h4-8,13,15H,9-12,14H2,1-3H3,(H,29,30,31)/i14D2. The van der Waals surface area contributed by atoms with Crippen molar-refractivity contribution in [1.29, 1.82) is 0 Å². The quantitative estimate of drug-likeness (QED) is 0.389. The maximum Gasteiger partial charge on any atom is 0.312 e. The average Bonchev–Trinajstić information content (AvgIpc) is 3.26. The number of carbonyl (C=O) groups excluding carboxylic acids is 1. The fourth-order valence-corrected chi connectivity index (χ4v) is 5.24. The summed E-state index contributed by atoms with van der Waals surface area (Å²) >= 11 is 7.33. The number of benzene rings is 1. The van der Waals surface area contributed by atoms with Gasteiger partial charge in [0.15, 0.2) is 5.13 Å². The predicted octanol–water partition coefficient (Wildman–Crippen LogP) is 5.91. The van der Waals surface area contributed by atoms with E-state index in [1.807, 2.05) is 6.92 Å². The van der Waals surface area contributed by atoms with Crippen molar-refractivity contribution in [2.24, 2.45) is 5.41 Å². The summed E-state index contributed by atoms with van der Waals surface area (Å²) < 4.78 is 52.1. The number of esters is 1. The molecule has 1 fully saturated rings. The molecule has 0 bridgehead atoms. The van der Waals surface area contributed by atoms with Gasteiger partial charge in [0.2, 0.25) is 0 Å². The van der Waals surface area contributed by atoms with Crippen LogP contribution in [0.15, 0.2) is 36.5 Å². The van der Waals surface area contributed by atoms with E-state index in [-0.39, 0.29) is 42.1 Å². The highest BCUT2D eigenvalue weighted by Crippen LogP contribution is 2.40. The molecule has 4 rings (SSSR count). The van der Waals surface area contributed by atoms with Crippen molar-refractivity contribution in [1.82, 2.24) is 14.9 Å². The van der Waals surface area contributed by atoms with Crippen LogP contribution >= 0.6 is 22.9 Å². The normalized spacial score (nSPS) is 21.8. The first-order valence-electron chi connectivity index (χ1n) is 12.1. The lowest BCUT2D eigenvalue weighted by atomic mass is 9.72. The van der Waals surface area contributed by atoms with Crippen LogP contribution in [0, 0.1) is 24.0 Å². The van der Waals surface area contributed by atoms with Crippen molar-refractivity contribution in [3.8, 4) is 0 Å². The SMILES string of the molecule is [2H]C([2H])(c1cccc(Cl)c1F)N1CCC(Cc2nc(Nc3ncc(C)s3)ccc2F)(C(=O)OC)CC1C. The summed E-state index contributed by atoms with van der Waals surface area (Å²) in [4.78, 5) is 24.2. The second kappa shape index (κ2) is 10.6. The molecule has 10 heteroatoms. The second-order valence-corrected chi connectivity index (χ2v) is 10.3. The molecule has 3 heterocycles. The number of aromatic nitrogens is 2. The molecule has 0 radical (unpaired) electrons. The number of thiazole rings is 1. The summed E-state index contributed by atoms with van der Waals surface area (Å²) in [5.41, 5.74) is -1.23. The summed E-state index contributed by atoms with van der Waals surface area (Å²) in [5.74, 6) is -1.51. The minimum Gasteiger partial charge on any atom is -0.469 e. The number of hydrogen-bond acceptors (Lipinski definition) is 7. The molecule has 2 aromatic heterocycles. The van der Waals surface area contributed by atoms with Crippen LogP contribution in [0.3, 0.4) is 0 Å². The van der Waals surface area contributed by atoms with E-state index in [0.717, 1.165) is 4.88 Å². The van der Waals surface area contributed by atoms with Gasteiger partial charge in [-0.15, -0.1) is 11.3 Å². The van der Waals surface area contributed by atoms with Crippen molar-refractivity contribution >= 4 is 39.9 Å². The Morgan fingerprint density at radius 1 is 1.40 bits per heavy atom. The summed E-state index contributed by atoms with van der Waals surface area (Å²) in [7, 11) is 1.27. The smallest absolute Gasteiger partial charge is 0.312 e. The van der Waals surface area contributed by atoms with E-state index >= 15 is 0 Å². The molecule has 0 aliphatic carbocycles. The van der Waals surface area contributed by atoms with Gasteiger partial charge in [-0.05, 0) is 51.4 Å². The molecule has 1 aliphatic heterocycles. The van der Waals surface area contributed by atoms with Crippen molar-refractivity contribution < 1.29 is 21.1 Å². The predicted molar refractivity (Wildman–Crippen MR) is 133 cm³/mol. The lowest BCUT2D eigenvalue weighted by molar-refractivity contribution is -0.157. The summed E-state index contributed by atoms with van der Waals surface area (Å²) in [6.45, 7) is 1.59. The van der Waals surface area contributed by atoms with E-state index in [4.69, 9.17) is 19.1 Å². The maximum atomic E-state index is 14.9. The number of methoxy groups -OCH3 is 1. The Balaban J connectivity index is 1.60. The Morgan fingerprint density at radius 3 is 2.89 bits per heavy atom. The lowest BCUT2D eigenvalue weighted by Gasteiger charge is -2.44. The van der Waals surface area contributed by atoms with Gasteiger partial charge in [-0.3, -0.25) is 9.69 Å². The van der Waals surface area contributed by atoms with Crippen LogP contribution in [-0.2, 0) is 22.4 Å². The highest BCUT2D eigenvalue weighted by molar-refractivity contribution is 7.15. The monoisotopic (exact) mass is 522 g/mol. The van der Waals surface area contributed by atoms with Gasteiger partial charge in [-0.2, -0.15) is 0 Å². The van der Waals surface area contributed by atoms with Crippen molar-refractivity contribution in [2.45, 2.75) is 45.6 Å². The molecule has 0 amide bonds. The highest BCUT2D eigenvalue weighted by Gasteiger charge is 2.46. The van der Waals surface area contributed by atoms with Gasteiger partial charge in [-0.25, -0.2) is 18.7 Å². The number of halogens is 3. The topological polar surface area (TPSA) is 67.4 Å². The van der Waals surface area contributed by atoms with Gasteiger partial charge in [-0.1, -0.05) is 23.7 Å². The number of aryl methyl sites for hydroxylation is 1. The van der Waals surface area contributed by atoms with Crippen LogP contribution in [0.2, 0.25) is 5.02 Å². The molecule has 2 unspecified atom stereocenters. The largest absolute Gasteiger partial charge is 0.469 e. The number of carbonyl (C=O) groups is 1. The Kier molecular flexibility index (Phi) is 6.88. The summed E-state index contributed by atoms with van der Waals surface area (Å²) in [6.07, 6.45) is 2.00. The second-order valence-electron chi connectivity index (χ2n) is 8.68. The zero-order valence-corrected chi connectivity index (χ0v) is 21.1. The van der Waals surface area contributed by atoms with Crippen molar-refractivity contribution in [3.05, 3.63) is 69.3 Å². The third kappa shape index (κ3) is 5.63. The number of nitrogens with zero attached hydrogens (tertiary/aromatic N) is 3. The number of likely N-dealkylation sites (tertiary alicyclic amines) is 1. The zero-order chi connectivity index (χ0) is 27.0. The molecule has 1 aliphatic rings. The fraction of sp³-hybridized carbons (Fsp3) is 0.400. The van der Waals surface area contributed by atoms with Crippen LogP contribution < -0.4 is 5.32 Å². The first kappa shape index (κ1) is 22.8. The molecule has 2 atom stereocenters. The van der Waals surface area contributed by atoms with Crippen molar-refractivity contribution in [2.75, 3.05) is 19.0 Å². The molecule has 6 nitrogen and oxygen atoms in total. The summed E-state index contributed by atoms with van der Waals surface area (Å²) in [6, 6.07) is 6.49. The minimum atomic E-state index is -2.18. The van der Waals surface area contributed by atoms with Gasteiger partial charge in [0.25, 0.3) is 0 Å². The number of hydrogen-bond donors (Lipinski definition) is 1.